The molecule has 0 aromatic rings. The lowest BCUT2D eigenvalue weighted by Crippen LogP contribution is -1.65. The molecule has 0 atom stereocenters. The minimum Gasteiger partial charge on any atom is -0.307 e. The fraction of sp³-hybridized carbons (Fsp3) is 0.333. The van der Waals surface area contributed by atoms with Crippen LogP contribution in [0.2, 0.25) is 0 Å². The predicted molar refractivity (Wildman–Crippen MR) is 23.2 cm³/mol. The Morgan fingerprint density at radius 2 is 2.40 bits per heavy atom. The fourth-order valence-corrected chi connectivity index (χ4v) is 0.0745. The van der Waals surface area contributed by atoms with Gasteiger partial charge < -0.3 is 5.41 Å². The molecule has 0 aromatic heterocycles. The topological polar surface area (TPSA) is 36.2 Å². The predicted octanol–water partition coefficient (Wildman–Crippen LogP) is 0.337. The normalized spacial score (nSPS) is 9.00. The highest BCUT2D eigenvalue weighted by atomic mass is 14.6. The molecule has 0 aliphatic rings. The zero-order chi connectivity index (χ0) is 4.12. The van der Waals surface area contributed by atoms with Crippen LogP contribution in [-0.2, 0) is 0 Å². The van der Waals surface area contributed by atoms with E-state index in [0.29, 0.717) is 0 Å². The summed E-state index contributed by atoms with van der Waals surface area (Å²) in [5, 5.41) is 6.33. The van der Waals surface area contributed by atoms with E-state index in [9.17, 15) is 0 Å². The van der Waals surface area contributed by atoms with Crippen LogP contribution in [0.1, 0.15) is 0 Å². The van der Waals surface area contributed by atoms with Gasteiger partial charge in [0, 0.05) is 19.5 Å². The quantitative estimate of drug-likeness (QED) is 0.432. The molecule has 0 amide bonds. The molecule has 2 heteroatoms. The maximum Gasteiger partial charge on any atom is 0.0384 e. The molecule has 0 fully saturated rings. The Hall–Kier alpha value is -0.660. The van der Waals surface area contributed by atoms with Gasteiger partial charge in [-0.2, -0.15) is 0 Å². The van der Waals surface area contributed by atoms with Gasteiger partial charge in [0.2, 0.25) is 0 Å². The molecule has 0 heterocycles. The van der Waals surface area contributed by atoms with Crippen molar-refractivity contribution in [2.75, 3.05) is 7.05 Å². The van der Waals surface area contributed by atoms with E-state index >= 15 is 0 Å². The molecule has 0 spiro atoms. The number of nitrogens with zero attached hydrogens (tertiary/aromatic N) is 1. The monoisotopic (exact) mass is 70.1 g/mol. The summed E-state index contributed by atoms with van der Waals surface area (Å²) in [4.78, 5) is 3.49. The van der Waals surface area contributed by atoms with Gasteiger partial charge in [-0.3, -0.25) is 4.99 Å². The third-order valence-electron chi connectivity index (χ3n) is 0.224. The van der Waals surface area contributed by atoms with Crippen molar-refractivity contribution in [1.82, 2.24) is 0 Å². The van der Waals surface area contributed by atoms with E-state index in [-0.39, 0.29) is 0 Å². The Kier molecular flexibility index (Phi) is 2.90. The number of hydrogen-bond acceptors (Lipinski definition) is 2. The van der Waals surface area contributed by atoms with Gasteiger partial charge in [0.15, 0.2) is 0 Å². The number of hydrogen-bond donors (Lipinski definition) is 1. The second-order valence-corrected chi connectivity index (χ2v) is 0.574. The van der Waals surface area contributed by atoms with E-state index in [2.05, 4.69) is 4.99 Å². The minimum atomic E-state index is 1.14. The molecule has 0 aliphatic heterocycles. The highest BCUT2D eigenvalue weighted by molar-refractivity contribution is 6.14. The maximum absolute atomic E-state index is 6.33. The Morgan fingerprint density at radius 1 is 1.80 bits per heavy atom. The minimum absolute atomic E-state index is 1.14. The summed E-state index contributed by atoms with van der Waals surface area (Å²) in [6.45, 7) is 0. The van der Waals surface area contributed by atoms with Gasteiger partial charge in [0.25, 0.3) is 0 Å². The zero-order valence-corrected chi connectivity index (χ0v) is 3.10. The van der Waals surface area contributed by atoms with Crippen molar-refractivity contribution < 1.29 is 0 Å². The molecule has 0 aromatic carbocycles. The van der Waals surface area contributed by atoms with Crippen LogP contribution >= 0.6 is 0 Å². The molecule has 0 saturated heterocycles. The highest BCUT2D eigenvalue weighted by Gasteiger charge is 1.43. The Balaban J connectivity index is 2.92. The van der Waals surface area contributed by atoms with Gasteiger partial charge in [-0.1, -0.05) is 0 Å². The SMILES string of the molecule is CN=CC=N. The molecule has 0 radical (unpaired) electrons. The van der Waals surface area contributed by atoms with Gasteiger partial charge in [-0.25, -0.2) is 0 Å². The van der Waals surface area contributed by atoms with Crippen molar-refractivity contribution in [3.63, 3.8) is 0 Å². The van der Waals surface area contributed by atoms with Crippen molar-refractivity contribution in [3.05, 3.63) is 0 Å². The van der Waals surface area contributed by atoms with Crippen molar-refractivity contribution in [2.45, 2.75) is 0 Å². The smallest absolute Gasteiger partial charge is 0.0384 e. The highest BCUT2D eigenvalue weighted by Crippen LogP contribution is 1.39. The molecular formula is C3H6N2. The fourth-order valence-electron chi connectivity index (χ4n) is 0.0745. The van der Waals surface area contributed by atoms with Crippen LogP contribution < -0.4 is 0 Å². The zero-order valence-electron chi connectivity index (χ0n) is 3.10. The molecule has 0 unspecified atom stereocenters. The third kappa shape index (κ3) is 3.34. The largest absolute Gasteiger partial charge is 0.307 e. The molecule has 0 rings (SSSR count). The van der Waals surface area contributed by atoms with Gasteiger partial charge in [0.1, 0.15) is 0 Å². The Bertz CT molecular complexity index is 46.9. The average Bonchev–Trinajstić information content (AvgIpc) is 1.41. The summed E-state index contributed by atoms with van der Waals surface area (Å²) in [5.74, 6) is 0. The molecular weight excluding hydrogens is 64.0 g/mol. The number of nitrogens with one attached hydrogen (secondary N) is 1. The average molecular weight is 70.1 g/mol. The van der Waals surface area contributed by atoms with Crippen LogP contribution in [0.4, 0.5) is 0 Å². The van der Waals surface area contributed by atoms with Crippen LogP contribution in [0, 0.1) is 5.41 Å². The van der Waals surface area contributed by atoms with Crippen LogP contribution in [0.5, 0.6) is 0 Å². The second kappa shape index (κ2) is 3.34. The van der Waals surface area contributed by atoms with E-state index in [1.165, 1.54) is 6.21 Å². The Labute approximate surface area is 31.0 Å². The lowest BCUT2D eigenvalue weighted by Gasteiger charge is -1.57. The first kappa shape index (κ1) is 4.34. The first-order chi connectivity index (χ1) is 2.41. The summed E-state index contributed by atoms with van der Waals surface area (Å²) < 4.78 is 0. The molecule has 0 saturated carbocycles. The lowest BCUT2D eigenvalue weighted by molar-refractivity contribution is 1.48. The summed E-state index contributed by atoms with van der Waals surface area (Å²) in [5.41, 5.74) is 0. The van der Waals surface area contributed by atoms with E-state index in [4.69, 9.17) is 5.41 Å². The number of rotatable bonds is 1. The second-order valence-electron chi connectivity index (χ2n) is 0.574. The van der Waals surface area contributed by atoms with Gasteiger partial charge in [0.05, 0.1) is 0 Å². The van der Waals surface area contributed by atoms with Gasteiger partial charge in [-0.15, -0.1) is 0 Å². The summed E-state index contributed by atoms with van der Waals surface area (Å²) in [7, 11) is 1.63. The van der Waals surface area contributed by atoms with Crippen LogP contribution in [0.3, 0.4) is 0 Å². The summed E-state index contributed by atoms with van der Waals surface area (Å²) in [6, 6.07) is 0. The van der Waals surface area contributed by atoms with E-state index in [1.807, 2.05) is 0 Å². The molecule has 5 heavy (non-hydrogen) atoms. The number of aliphatic imine (C=N–C) groups is 1. The van der Waals surface area contributed by atoms with Crippen LogP contribution in [0.15, 0.2) is 4.99 Å². The summed E-state index contributed by atoms with van der Waals surface area (Å²) >= 11 is 0. The van der Waals surface area contributed by atoms with Crippen molar-refractivity contribution in [1.29, 1.82) is 5.41 Å². The first-order valence-corrected chi connectivity index (χ1v) is 1.33. The van der Waals surface area contributed by atoms with Gasteiger partial charge >= 0.3 is 0 Å². The standard InChI is InChI=1S/C3H6N2/c1-5-3-2-4/h2-4H,1H3. The molecule has 28 valence electrons. The maximum atomic E-state index is 6.33. The van der Waals surface area contributed by atoms with Crippen molar-refractivity contribution in [3.8, 4) is 0 Å². The van der Waals surface area contributed by atoms with E-state index in [1.54, 1.807) is 7.05 Å². The van der Waals surface area contributed by atoms with E-state index < -0.39 is 0 Å². The van der Waals surface area contributed by atoms with E-state index in [0.717, 1.165) is 6.21 Å². The van der Waals surface area contributed by atoms with Crippen molar-refractivity contribution >= 4 is 12.4 Å². The molecule has 0 bridgehead atoms. The van der Waals surface area contributed by atoms with Crippen LogP contribution in [0.25, 0.3) is 0 Å². The molecule has 0 aliphatic carbocycles. The molecule has 1 N–H and O–H groups in total. The lowest BCUT2D eigenvalue weighted by atomic mass is 10.8. The molecule has 2 nitrogen and oxygen atoms in total. The third-order valence-corrected chi connectivity index (χ3v) is 0.224. The first-order valence-electron chi connectivity index (χ1n) is 1.33. The van der Waals surface area contributed by atoms with Crippen molar-refractivity contribution in [2.24, 2.45) is 4.99 Å². The Morgan fingerprint density at radius 3 is 2.40 bits per heavy atom. The van der Waals surface area contributed by atoms with Crippen LogP contribution in [-0.4, -0.2) is 19.5 Å². The van der Waals surface area contributed by atoms with Gasteiger partial charge in [-0.05, 0) is 0 Å². The summed E-state index contributed by atoms with van der Waals surface area (Å²) in [6.07, 6.45) is 2.56.